The number of aliphatic hydroxyl groups is 1. The van der Waals surface area contributed by atoms with Gasteiger partial charge in [0.05, 0.1) is 17.9 Å². The van der Waals surface area contributed by atoms with Crippen molar-refractivity contribution in [3.8, 4) is 0 Å². The van der Waals surface area contributed by atoms with Gasteiger partial charge in [-0.3, -0.25) is 0 Å². The number of benzene rings is 1. The highest BCUT2D eigenvalue weighted by Gasteiger charge is 2.36. The van der Waals surface area contributed by atoms with Gasteiger partial charge in [0.15, 0.2) is 6.10 Å². The summed E-state index contributed by atoms with van der Waals surface area (Å²) in [5, 5.41) is 12.4. The van der Waals surface area contributed by atoms with E-state index >= 15 is 0 Å². The van der Waals surface area contributed by atoms with E-state index in [1.807, 2.05) is 0 Å². The van der Waals surface area contributed by atoms with Crippen LogP contribution in [0.2, 0.25) is 0 Å². The van der Waals surface area contributed by atoms with Crippen molar-refractivity contribution in [2.75, 3.05) is 6.61 Å². The lowest BCUT2D eigenvalue weighted by atomic mass is 9.99. The monoisotopic (exact) mass is 245 g/mol. The quantitative estimate of drug-likeness (QED) is 0.869. The average Bonchev–Trinajstić information content (AvgIpc) is 2.76. The second-order valence-electron chi connectivity index (χ2n) is 3.70. The van der Waals surface area contributed by atoms with Crippen molar-refractivity contribution in [2.45, 2.75) is 18.7 Å². The first-order chi connectivity index (χ1) is 8.02. The van der Waals surface area contributed by atoms with E-state index in [9.17, 15) is 13.2 Å². The SMILES string of the molecule is OCC1=NOC(c2ccccc2C(F)(F)F)C1. The van der Waals surface area contributed by atoms with Crippen molar-refractivity contribution in [1.82, 2.24) is 0 Å². The molecule has 0 saturated carbocycles. The number of rotatable bonds is 2. The molecule has 1 heterocycles. The Morgan fingerprint density at radius 3 is 2.65 bits per heavy atom. The first-order valence-electron chi connectivity index (χ1n) is 5.01. The van der Waals surface area contributed by atoms with Crippen LogP contribution in [0.5, 0.6) is 0 Å². The van der Waals surface area contributed by atoms with Gasteiger partial charge in [-0.05, 0) is 6.07 Å². The van der Waals surface area contributed by atoms with Crippen molar-refractivity contribution in [2.24, 2.45) is 5.16 Å². The number of aliphatic hydroxyl groups excluding tert-OH is 1. The number of hydrogen-bond donors (Lipinski definition) is 1. The molecular weight excluding hydrogens is 235 g/mol. The molecule has 3 nitrogen and oxygen atoms in total. The Balaban J connectivity index is 2.29. The van der Waals surface area contributed by atoms with Crippen LogP contribution in [-0.2, 0) is 11.0 Å². The van der Waals surface area contributed by atoms with Crippen molar-refractivity contribution >= 4 is 5.71 Å². The van der Waals surface area contributed by atoms with E-state index in [0.717, 1.165) is 6.07 Å². The van der Waals surface area contributed by atoms with Crippen LogP contribution in [0.25, 0.3) is 0 Å². The molecule has 2 rings (SSSR count). The van der Waals surface area contributed by atoms with Crippen LogP contribution in [0.4, 0.5) is 13.2 Å². The third kappa shape index (κ3) is 2.41. The van der Waals surface area contributed by atoms with Crippen LogP contribution in [0.3, 0.4) is 0 Å². The van der Waals surface area contributed by atoms with Crippen molar-refractivity contribution < 1.29 is 23.1 Å². The predicted molar refractivity (Wildman–Crippen MR) is 54.4 cm³/mol. The Morgan fingerprint density at radius 1 is 1.35 bits per heavy atom. The second kappa shape index (κ2) is 4.37. The summed E-state index contributed by atoms with van der Waals surface area (Å²) in [5.74, 6) is 0. The molecule has 1 atom stereocenters. The molecule has 1 aliphatic rings. The molecule has 17 heavy (non-hydrogen) atoms. The van der Waals surface area contributed by atoms with Gasteiger partial charge in [-0.25, -0.2) is 0 Å². The van der Waals surface area contributed by atoms with E-state index in [4.69, 9.17) is 9.94 Å². The molecule has 1 aromatic carbocycles. The molecule has 0 aliphatic carbocycles. The number of hydrogen-bond acceptors (Lipinski definition) is 3. The summed E-state index contributed by atoms with van der Waals surface area (Å²) in [6.45, 7) is -0.301. The zero-order valence-corrected chi connectivity index (χ0v) is 8.74. The summed E-state index contributed by atoms with van der Waals surface area (Å²) in [4.78, 5) is 4.91. The Morgan fingerprint density at radius 2 is 2.06 bits per heavy atom. The van der Waals surface area contributed by atoms with Crippen LogP contribution in [-0.4, -0.2) is 17.4 Å². The summed E-state index contributed by atoms with van der Waals surface area (Å²) in [6.07, 6.45) is -5.00. The molecule has 6 heteroatoms. The fourth-order valence-corrected chi connectivity index (χ4v) is 1.72. The van der Waals surface area contributed by atoms with Crippen molar-refractivity contribution in [3.63, 3.8) is 0 Å². The highest BCUT2D eigenvalue weighted by molar-refractivity contribution is 5.86. The van der Waals surface area contributed by atoms with E-state index in [1.54, 1.807) is 0 Å². The molecular formula is C11H10F3NO2. The van der Waals surface area contributed by atoms with Crippen LogP contribution in [0.15, 0.2) is 29.4 Å². The summed E-state index contributed by atoms with van der Waals surface area (Å²) in [5.41, 5.74) is -0.321. The molecule has 0 spiro atoms. The molecule has 0 fully saturated rings. The minimum atomic E-state index is -4.41. The minimum absolute atomic E-state index is 0.0483. The van der Waals surface area contributed by atoms with Crippen LogP contribution >= 0.6 is 0 Å². The molecule has 92 valence electrons. The number of oxime groups is 1. The summed E-state index contributed by atoms with van der Waals surface area (Å²) in [7, 11) is 0. The zero-order chi connectivity index (χ0) is 12.5. The standard InChI is InChI=1S/C11H10F3NO2/c12-11(13,14)9-4-2-1-3-8(9)10-5-7(6-16)15-17-10/h1-4,10,16H,5-6H2. The lowest BCUT2D eigenvalue weighted by Gasteiger charge is -2.15. The predicted octanol–water partition coefficient (Wildman–Crippen LogP) is 2.52. The highest BCUT2D eigenvalue weighted by atomic mass is 19.4. The van der Waals surface area contributed by atoms with Gasteiger partial charge in [0.25, 0.3) is 0 Å². The summed E-state index contributed by atoms with van der Waals surface area (Å²) in [6, 6.07) is 5.22. The minimum Gasteiger partial charge on any atom is -0.390 e. The van der Waals surface area contributed by atoms with E-state index in [-0.39, 0.29) is 18.6 Å². The van der Waals surface area contributed by atoms with Gasteiger partial charge < -0.3 is 9.94 Å². The second-order valence-corrected chi connectivity index (χ2v) is 3.70. The molecule has 1 aliphatic heterocycles. The van der Waals surface area contributed by atoms with E-state index in [0.29, 0.717) is 5.71 Å². The maximum atomic E-state index is 12.7. The smallest absolute Gasteiger partial charge is 0.390 e. The van der Waals surface area contributed by atoms with Gasteiger partial charge in [0, 0.05) is 12.0 Å². The average molecular weight is 245 g/mol. The van der Waals surface area contributed by atoms with Gasteiger partial charge >= 0.3 is 6.18 Å². The molecule has 0 bridgehead atoms. The topological polar surface area (TPSA) is 41.8 Å². The Kier molecular flexibility index (Phi) is 3.06. The largest absolute Gasteiger partial charge is 0.416 e. The zero-order valence-electron chi connectivity index (χ0n) is 8.74. The van der Waals surface area contributed by atoms with Crippen LogP contribution in [0.1, 0.15) is 23.7 Å². The third-order valence-corrected chi connectivity index (χ3v) is 2.53. The lowest BCUT2D eigenvalue weighted by Crippen LogP contribution is -2.12. The maximum Gasteiger partial charge on any atom is 0.416 e. The normalized spacial score (nSPS) is 20.0. The molecule has 1 aromatic rings. The molecule has 1 unspecified atom stereocenters. The fraction of sp³-hybridized carbons (Fsp3) is 0.364. The first-order valence-corrected chi connectivity index (χ1v) is 5.01. The van der Waals surface area contributed by atoms with Gasteiger partial charge in [-0.2, -0.15) is 13.2 Å². The van der Waals surface area contributed by atoms with E-state index < -0.39 is 17.8 Å². The van der Waals surface area contributed by atoms with Crippen molar-refractivity contribution in [1.29, 1.82) is 0 Å². The summed E-state index contributed by atoms with van der Waals surface area (Å²) >= 11 is 0. The van der Waals surface area contributed by atoms with Crippen LogP contribution < -0.4 is 0 Å². The van der Waals surface area contributed by atoms with Gasteiger partial charge in [-0.15, -0.1) is 0 Å². The molecule has 0 amide bonds. The van der Waals surface area contributed by atoms with Gasteiger partial charge in [0.1, 0.15) is 0 Å². The Bertz CT molecular complexity index is 443. The Hall–Kier alpha value is -1.56. The van der Waals surface area contributed by atoms with Gasteiger partial charge in [-0.1, -0.05) is 23.4 Å². The fourth-order valence-electron chi connectivity index (χ4n) is 1.72. The van der Waals surface area contributed by atoms with E-state index in [2.05, 4.69) is 5.16 Å². The number of halogens is 3. The molecule has 0 aromatic heterocycles. The number of nitrogens with zero attached hydrogens (tertiary/aromatic N) is 1. The first kappa shape index (κ1) is 11.9. The third-order valence-electron chi connectivity index (χ3n) is 2.53. The molecule has 1 N–H and O–H groups in total. The summed E-state index contributed by atoms with van der Waals surface area (Å²) < 4.78 is 38.2. The molecule has 0 saturated heterocycles. The number of alkyl halides is 3. The van der Waals surface area contributed by atoms with Crippen LogP contribution in [0, 0.1) is 0 Å². The maximum absolute atomic E-state index is 12.7. The molecule has 0 radical (unpaired) electrons. The van der Waals surface area contributed by atoms with Gasteiger partial charge in [0.2, 0.25) is 0 Å². The van der Waals surface area contributed by atoms with Crippen molar-refractivity contribution in [3.05, 3.63) is 35.4 Å². The highest BCUT2D eigenvalue weighted by Crippen LogP contribution is 2.38. The Labute approximate surface area is 95.5 Å². The van der Waals surface area contributed by atoms with E-state index in [1.165, 1.54) is 18.2 Å². The lowest BCUT2D eigenvalue weighted by molar-refractivity contribution is -0.139.